The number of halogens is 1. The van der Waals surface area contributed by atoms with Crippen LogP contribution in [0.4, 0.5) is 4.39 Å². The van der Waals surface area contributed by atoms with Gasteiger partial charge in [-0.15, -0.1) is 0 Å². The molecule has 1 unspecified atom stereocenters. The molecule has 4 heteroatoms. The lowest BCUT2D eigenvalue weighted by molar-refractivity contribution is -0.120. The zero-order chi connectivity index (χ0) is 15.9. The summed E-state index contributed by atoms with van der Waals surface area (Å²) in [5.74, 6) is -0.405. The lowest BCUT2D eigenvalue weighted by Gasteiger charge is -2.12. The predicted molar refractivity (Wildman–Crippen MR) is 83.9 cm³/mol. The van der Waals surface area contributed by atoms with Crippen LogP contribution in [0.2, 0.25) is 0 Å². The van der Waals surface area contributed by atoms with Gasteiger partial charge in [-0.3, -0.25) is 4.79 Å². The molecule has 0 aliphatic heterocycles. The summed E-state index contributed by atoms with van der Waals surface area (Å²) in [4.78, 5) is 11.8. The van der Waals surface area contributed by atoms with E-state index in [0.717, 1.165) is 11.1 Å². The van der Waals surface area contributed by atoms with Gasteiger partial charge < -0.3 is 10.4 Å². The smallest absolute Gasteiger partial charge is 0.224 e. The number of aryl methyl sites for hydroxylation is 1. The molecule has 3 nitrogen and oxygen atoms in total. The van der Waals surface area contributed by atoms with Crippen LogP contribution in [0, 0.1) is 12.7 Å². The quantitative estimate of drug-likeness (QED) is 0.862. The molecule has 0 aliphatic rings. The fraction of sp³-hybridized carbons (Fsp3) is 0.278. The molecule has 0 aromatic heterocycles. The molecule has 0 bridgehead atoms. The van der Waals surface area contributed by atoms with Crippen LogP contribution in [0.15, 0.2) is 48.5 Å². The summed E-state index contributed by atoms with van der Waals surface area (Å²) in [5, 5.41) is 12.8. The zero-order valence-corrected chi connectivity index (χ0v) is 12.6. The lowest BCUT2D eigenvalue weighted by Crippen LogP contribution is -2.27. The van der Waals surface area contributed by atoms with Crippen LogP contribution in [-0.4, -0.2) is 17.6 Å². The summed E-state index contributed by atoms with van der Waals surface area (Å²) in [6.45, 7) is 2.38. The number of carbonyl (C=O) groups is 1. The highest BCUT2D eigenvalue weighted by molar-refractivity contribution is 5.78. The molecule has 22 heavy (non-hydrogen) atoms. The van der Waals surface area contributed by atoms with Gasteiger partial charge in [-0.2, -0.15) is 0 Å². The third kappa shape index (κ3) is 4.97. The summed E-state index contributed by atoms with van der Waals surface area (Å²) in [5.41, 5.74) is 2.77. The van der Waals surface area contributed by atoms with Gasteiger partial charge in [-0.1, -0.05) is 42.0 Å². The molecule has 1 amide bonds. The third-order valence-corrected chi connectivity index (χ3v) is 3.48. The van der Waals surface area contributed by atoms with Crippen LogP contribution in [0.1, 0.15) is 29.2 Å². The van der Waals surface area contributed by atoms with Crippen molar-refractivity contribution in [3.63, 3.8) is 0 Å². The first-order valence-corrected chi connectivity index (χ1v) is 7.30. The van der Waals surface area contributed by atoms with E-state index in [2.05, 4.69) is 5.32 Å². The minimum Gasteiger partial charge on any atom is -0.388 e. The molecular weight excluding hydrogens is 281 g/mol. The Labute approximate surface area is 129 Å². The molecule has 116 valence electrons. The molecule has 0 heterocycles. The molecule has 2 N–H and O–H groups in total. The van der Waals surface area contributed by atoms with E-state index in [9.17, 15) is 14.3 Å². The Hall–Kier alpha value is -2.20. The maximum atomic E-state index is 12.8. The van der Waals surface area contributed by atoms with Crippen LogP contribution in [0.5, 0.6) is 0 Å². The Morgan fingerprint density at radius 1 is 1.14 bits per heavy atom. The Balaban J connectivity index is 1.74. The van der Waals surface area contributed by atoms with Gasteiger partial charge in [0.1, 0.15) is 5.82 Å². The minimum atomic E-state index is -0.708. The second kappa shape index (κ2) is 7.71. The number of hydrogen-bond donors (Lipinski definition) is 2. The number of aliphatic hydroxyl groups excluding tert-OH is 1. The summed E-state index contributed by atoms with van der Waals surface area (Å²) in [6.07, 6.45) is 0.0124. The van der Waals surface area contributed by atoms with Gasteiger partial charge in [0.05, 0.1) is 12.5 Å². The van der Waals surface area contributed by atoms with Crippen molar-refractivity contribution >= 4 is 5.91 Å². The van der Waals surface area contributed by atoms with Crippen molar-refractivity contribution < 1.29 is 14.3 Å². The van der Waals surface area contributed by atoms with Crippen molar-refractivity contribution in [3.8, 4) is 0 Å². The number of aliphatic hydroxyl groups is 1. The highest BCUT2D eigenvalue weighted by Crippen LogP contribution is 2.16. The molecule has 1 atom stereocenters. The number of nitrogens with one attached hydrogen (secondary N) is 1. The number of hydrogen-bond acceptors (Lipinski definition) is 2. The first-order chi connectivity index (χ1) is 10.5. The third-order valence-electron chi connectivity index (χ3n) is 3.48. The molecule has 2 aromatic rings. The molecule has 0 saturated heterocycles. The largest absolute Gasteiger partial charge is 0.388 e. The van der Waals surface area contributed by atoms with Crippen LogP contribution >= 0.6 is 0 Å². The molecule has 0 saturated carbocycles. The highest BCUT2D eigenvalue weighted by atomic mass is 19.1. The van der Waals surface area contributed by atoms with Crippen molar-refractivity contribution in [1.82, 2.24) is 5.32 Å². The van der Waals surface area contributed by atoms with Gasteiger partial charge in [-0.05, 0) is 36.6 Å². The van der Waals surface area contributed by atoms with Crippen LogP contribution in [-0.2, 0) is 11.2 Å². The first kappa shape index (κ1) is 16.2. The van der Waals surface area contributed by atoms with Crippen molar-refractivity contribution in [1.29, 1.82) is 0 Å². The van der Waals surface area contributed by atoms with Gasteiger partial charge in [0, 0.05) is 6.54 Å². The molecule has 2 aromatic carbocycles. The maximum Gasteiger partial charge on any atom is 0.224 e. The lowest BCUT2D eigenvalue weighted by atomic mass is 10.1. The molecule has 2 rings (SSSR count). The van der Waals surface area contributed by atoms with Crippen LogP contribution in [0.25, 0.3) is 0 Å². The summed E-state index contributed by atoms with van der Waals surface area (Å²) in [6, 6.07) is 13.5. The molecule has 0 aliphatic carbocycles. The van der Waals surface area contributed by atoms with E-state index < -0.39 is 6.10 Å². The van der Waals surface area contributed by atoms with Crippen molar-refractivity contribution in [2.75, 3.05) is 6.54 Å². The molecule has 0 spiro atoms. The summed E-state index contributed by atoms with van der Waals surface area (Å²) in [7, 11) is 0. The number of benzene rings is 2. The van der Waals surface area contributed by atoms with Gasteiger partial charge in [0.15, 0.2) is 0 Å². The fourth-order valence-electron chi connectivity index (χ4n) is 2.15. The van der Waals surface area contributed by atoms with E-state index >= 15 is 0 Å². The summed E-state index contributed by atoms with van der Waals surface area (Å²) >= 11 is 0. The Kier molecular flexibility index (Phi) is 5.67. The number of carbonyl (C=O) groups excluding carboxylic acids is 1. The molecule has 0 radical (unpaired) electrons. The van der Waals surface area contributed by atoms with Crippen LogP contribution in [0.3, 0.4) is 0 Å². The van der Waals surface area contributed by atoms with E-state index in [4.69, 9.17) is 0 Å². The highest BCUT2D eigenvalue weighted by Gasteiger charge is 2.09. The van der Waals surface area contributed by atoms with Crippen molar-refractivity contribution in [2.24, 2.45) is 0 Å². The van der Waals surface area contributed by atoms with Crippen molar-refractivity contribution in [3.05, 3.63) is 71.0 Å². The standard InChI is InChI=1S/C18H20FNO2/c1-13-2-4-14(5-3-13)12-18(22)20-11-10-17(21)15-6-8-16(19)9-7-15/h2-9,17,21H,10-12H2,1H3,(H,20,22). The van der Waals surface area contributed by atoms with Crippen LogP contribution < -0.4 is 5.32 Å². The maximum absolute atomic E-state index is 12.8. The average Bonchev–Trinajstić information content (AvgIpc) is 2.50. The van der Waals surface area contributed by atoms with Gasteiger partial charge in [-0.25, -0.2) is 4.39 Å². The second-order valence-corrected chi connectivity index (χ2v) is 5.37. The Bertz CT molecular complexity index is 608. The van der Waals surface area contributed by atoms with E-state index in [0.29, 0.717) is 24.9 Å². The zero-order valence-electron chi connectivity index (χ0n) is 12.6. The fourth-order valence-corrected chi connectivity index (χ4v) is 2.15. The second-order valence-electron chi connectivity index (χ2n) is 5.37. The SMILES string of the molecule is Cc1ccc(CC(=O)NCCC(O)c2ccc(F)cc2)cc1. The first-order valence-electron chi connectivity index (χ1n) is 7.30. The average molecular weight is 301 g/mol. The predicted octanol–water partition coefficient (Wildman–Crippen LogP) is 2.92. The monoisotopic (exact) mass is 301 g/mol. The van der Waals surface area contributed by atoms with E-state index in [1.165, 1.54) is 12.1 Å². The Morgan fingerprint density at radius 3 is 2.41 bits per heavy atom. The van der Waals surface area contributed by atoms with E-state index in [1.54, 1.807) is 12.1 Å². The number of rotatable bonds is 6. The topological polar surface area (TPSA) is 49.3 Å². The number of amides is 1. The normalized spacial score (nSPS) is 12.0. The minimum absolute atomic E-state index is 0.0739. The molecule has 0 fully saturated rings. The van der Waals surface area contributed by atoms with Gasteiger partial charge in [0.2, 0.25) is 5.91 Å². The van der Waals surface area contributed by atoms with Crippen molar-refractivity contribution in [2.45, 2.75) is 25.9 Å². The van der Waals surface area contributed by atoms with Gasteiger partial charge >= 0.3 is 0 Å². The van der Waals surface area contributed by atoms with E-state index in [-0.39, 0.29) is 11.7 Å². The van der Waals surface area contributed by atoms with Gasteiger partial charge in [0.25, 0.3) is 0 Å². The van der Waals surface area contributed by atoms with E-state index in [1.807, 2.05) is 31.2 Å². The Morgan fingerprint density at radius 2 is 1.77 bits per heavy atom. The molecular formula is C18H20FNO2. The summed E-state index contributed by atoms with van der Waals surface area (Å²) < 4.78 is 12.8.